The molecule has 1 rings (SSSR count). The molecule has 1 aliphatic carbocycles. The Bertz CT molecular complexity index is 369. The zero-order chi connectivity index (χ0) is 15.1. The van der Waals surface area contributed by atoms with Crippen LogP contribution in [0.3, 0.4) is 0 Å². The van der Waals surface area contributed by atoms with E-state index < -0.39 is 23.9 Å². The first kappa shape index (κ1) is 16.3. The van der Waals surface area contributed by atoms with Crippen LogP contribution in [0.1, 0.15) is 39.0 Å². The van der Waals surface area contributed by atoms with Gasteiger partial charge in [-0.25, -0.2) is 9.59 Å². The summed E-state index contributed by atoms with van der Waals surface area (Å²) >= 11 is 0. The van der Waals surface area contributed by atoms with Crippen molar-refractivity contribution in [3.05, 3.63) is 0 Å². The minimum absolute atomic E-state index is 0.0113. The summed E-state index contributed by atoms with van der Waals surface area (Å²) in [6.07, 6.45) is 3.38. The molecule has 0 unspecified atom stereocenters. The smallest absolute Gasteiger partial charge is 0.326 e. The molecule has 0 aromatic carbocycles. The number of nitrogens with zero attached hydrogens (tertiary/aromatic N) is 1. The van der Waals surface area contributed by atoms with Gasteiger partial charge in [-0.15, -0.1) is 0 Å². The fourth-order valence-electron chi connectivity index (χ4n) is 2.13. The first-order chi connectivity index (χ1) is 9.43. The number of aliphatic carboxylic acids is 1. The molecular weight excluding hydrogens is 262 g/mol. The van der Waals surface area contributed by atoms with E-state index in [9.17, 15) is 14.4 Å². The van der Waals surface area contributed by atoms with Gasteiger partial charge in [0.15, 0.2) is 0 Å². The van der Waals surface area contributed by atoms with E-state index in [2.05, 4.69) is 5.32 Å². The molecule has 114 valence electrons. The Morgan fingerprint density at radius 2 is 2.05 bits per heavy atom. The van der Waals surface area contributed by atoms with Crippen LogP contribution in [0.4, 0.5) is 4.79 Å². The summed E-state index contributed by atoms with van der Waals surface area (Å²) in [4.78, 5) is 35.4. The Hall–Kier alpha value is -1.79. The van der Waals surface area contributed by atoms with Gasteiger partial charge in [-0.1, -0.05) is 6.42 Å². The SMILES string of the molecule is CCN(CC1CCC1)C(=O)N[C@H](CCC(N)=O)C(=O)O. The van der Waals surface area contributed by atoms with Crippen LogP contribution in [0.5, 0.6) is 0 Å². The highest BCUT2D eigenvalue weighted by Gasteiger charge is 2.26. The second-order valence-corrected chi connectivity index (χ2v) is 5.18. The highest BCUT2D eigenvalue weighted by atomic mass is 16.4. The number of amides is 3. The van der Waals surface area contributed by atoms with Crippen LogP contribution in [0.2, 0.25) is 0 Å². The number of nitrogens with two attached hydrogens (primary N) is 1. The highest BCUT2D eigenvalue weighted by Crippen LogP contribution is 2.27. The monoisotopic (exact) mass is 285 g/mol. The second kappa shape index (κ2) is 7.72. The lowest BCUT2D eigenvalue weighted by molar-refractivity contribution is -0.139. The summed E-state index contributed by atoms with van der Waals surface area (Å²) in [6, 6.07) is -1.47. The molecule has 0 aliphatic heterocycles. The maximum absolute atomic E-state index is 12.0. The predicted molar refractivity (Wildman–Crippen MR) is 73.0 cm³/mol. The van der Waals surface area contributed by atoms with Gasteiger partial charge in [0.05, 0.1) is 0 Å². The Labute approximate surface area is 118 Å². The molecule has 1 fully saturated rings. The van der Waals surface area contributed by atoms with Crippen molar-refractivity contribution in [1.29, 1.82) is 0 Å². The summed E-state index contributed by atoms with van der Waals surface area (Å²) in [5.41, 5.74) is 4.99. The minimum Gasteiger partial charge on any atom is -0.480 e. The Kier molecular flexibility index (Phi) is 6.27. The second-order valence-electron chi connectivity index (χ2n) is 5.18. The molecule has 1 saturated carbocycles. The van der Waals surface area contributed by atoms with Crippen LogP contribution in [0, 0.1) is 5.92 Å². The molecule has 0 heterocycles. The number of carbonyl (C=O) groups excluding carboxylic acids is 2. The topological polar surface area (TPSA) is 113 Å². The number of nitrogens with one attached hydrogen (secondary N) is 1. The summed E-state index contributed by atoms with van der Waals surface area (Å²) in [5.74, 6) is -1.21. The van der Waals surface area contributed by atoms with Crippen LogP contribution in [0.15, 0.2) is 0 Å². The number of carboxylic acids is 1. The number of carbonyl (C=O) groups is 3. The van der Waals surface area contributed by atoms with E-state index >= 15 is 0 Å². The van der Waals surface area contributed by atoms with Gasteiger partial charge in [0.1, 0.15) is 6.04 Å². The lowest BCUT2D eigenvalue weighted by Crippen LogP contribution is -2.49. The van der Waals surface area contributed by atoms with Gasteiger partial charge in [0.2, 0.25) is 5.91 Å². The Morgan fingerprint density at radius 3 is 2.45 bits per heavy atom. The molecule has 7 nitrogen and oxygen atoms in total. The van der Waals surface area contributed by atoms with Crippen LogP contribution >= 0.6 is 0 Å². The van der Waals surface area contributed by atoms with Gasteiger partial charge in [-0.2, -0.15) is 0 Å². The summed E-state index contributed by atoms with van der Waals surface area (Å²) in [6.45, 7) is 3.05. The molecule has 0 bridgehead atoms. The highest BCUT2D eigenvalue weighted by molar-refractivity contribution is 5.83. The normalized spacial score (nSPS) is 16.1. The summed E-state index contributed by atoms with van der Waals surface area (Å²) in [7, 11) is 0. The molecule has 0 aromatic rings. The lowest BCUT2D eigenvalue weighted by atomic mass is 9.85. The fourth-order valence-corrected chi connectivity index (χ4v) is 2.13. The first-order valence-corrected chi connectivity index (χ1v) is 7.00. The standard InChI is InChI=1S/C13H23N3O4/c1-2-16(8-9-4-3-5-9)13(20)15-10(12(18)19)6-7-11(14)17/h9-10H,2-8H2,1H3,(H2,14,17)(H,15,20)(H,18,19)/t10-/m1/s1. The van der Waals surface area contributed by atoms with E-state index in [4.69, 9.17) is 10.8 Å². The van der Waals surface area contributed by atoms with Gasteiger partial charge < -0.3 is 21.1 Å². The van der Waals surface area contributed by atoms with E-state index in [1.165, 1.54) is 6.42 Å². The lowest BCUT2D eigenvalue weighted by Gasteiger charge is -2.32. The minimum atomic E-state index is -1.15. The van der Waals surface area contributed by atoms with Gasteiger partial charge in [0, 0.05) is 19.5 Å². The van der Waals surface area contributed by atoms with Crippen LogP contribution in [-0.4, -0.2) is 47.0 Å². The molecule has 4 N–H and O–H groups in total. The van der Waals surface area contributed by atoms with E-state index in [-0.39, 0.29) is 12.8 Å². The van der Waals surface area contributed by atoms with Gasteiger partial charge >= 0.3 is 12.0 Å². The third-order valence-electron chi connectivity index (χ3n) is 3.65. The van der Waals surface area contributed by atoms with Crippen molar-refractivity contribution in [3.63, 3.8) is 0 Å². The van der Waals surface area contributed by atoms with E-state index in [0.717, 1.165) is 12.8 Å². The Balaban J connectivity index is 2.49. The van der Waals surface area contributed by atoms with Crippen molar-refractivity contribution in [2.24, 2.45) is 11.7 Å². The molecule has 0 radical (unpaired) electrons. The fraction of sp³-hybridized carbons (Fsp3) is 0.769. The average molecular weight is 285 g/mol. The number of carboxylic acid groups (broad SMARTS) is 1. The third-order valence-corrected chi connectivity index (χ3v) is 3.65. The van der Waals surface area contributed by atoms with Gasteiger partial charge in [-0.05, 0) is 32.1 Å². The first-order valence-electron chi connectivity index (χ1n) is 7.00. The molecular formula is C13H23N3O4. The van der Waals surface area contributed by atoms with Crippen molar-refractivity contribution in [3.8, 4) is 0 Å². The largest absolute Gasteiger partial charge is 0.480 e. The van der Waals surface area contributed by atoms with Crippen molar-refractivity contribution < 1.29 is 19.5 Å². The molecule has 3 amide bonds. The number of rotatable bonds is 8. The molecule has 0 aromatic heterocycles. The van der Waals surface area contributed by atoms with Crippen LogP contribution in [0.25, 0.3) is 0 Å². The summed E-state index contributed by atoms with van der Waals surface area (Å²) in [5, 5.41) is 11.5. The van der Waals surface area contributed by atoms with E-state index in [0.29, 0.717) is 19.0 Å². The third kappa shape index (κ3) is 5.07. The predicted octanol–water partition coefficient (Wildman–Crippen LogP) is 0.537. The average Bonchev–Trinajstić information content (AvgIpc) is 2.32. The Morgan fingerprint density at radius 1 is 1.40 bits per heavy atom. The van der Waals surface area contributed by atoms with Crippen LogP contribution in [-0.2, 0) is 9.59 Å². The van der Waals surface area contributed by atoms with Crippen molar-refractivity contribution >= 4 is 17.9 Å². The molecule has 20 heavy (non-hydrogen) atoms. The van der Waals surface area contributed by atoms with Gasteiger partial charge in [0.25, 0.3) is 0 Å². The zero-order valence-electron chi connectivity index (χ0n) is 11.8. The molecule has 7 heteroatoms. The maximum Gasteiger partial charge on any atom is 0.326 e. The maximum atomic E-state index is 12.0. The van der Waals surface area contributed by atoms with Crippen molar-refractivity contribution in [2.45, 2.75) is 45.1 Å². The van der Waals surface area contributed by atoms with Crippen molar-refractivity contribution in [2.75, 3.05) is 13.1 Å². The number of hydrogen-bond acceptors (Lipinski definition) is 3. The summed E-state index contributed by atoms with van der Waals surface area (Å²) < 4.78 is 0. The molecule has 0 spiro atoms. The van der Waals surface area contributed by atoms with Crippen molar-refractivity contribution in [1.82, 2.24) is 10.2 Å². The quantitative estimate of drug-likeness (QED) is 0.604. The van der Waals surface area contributed by atoms with Gasteiger partial charge in [-0.3, -0.25) is 4.79 Å². The number of urea groups is 1. The zero-order valence-corrected chi connectivity index (χ0v) is 11.8. The van der Waals surface area contributed by atoms with E-state index in [1.54, 1.807) is 4.90 Å². The number of primary amides is 1. The number of hydrogen-bond donors (Lipinski definition) is 3. The molecule has 1 atom stereocenters. The van der Waals surface area contributed by atoms with Crippen LogP contribution < -0.4 is 11.1 Å². The molecule has 0 saturated heterocycles. The molecule has 1 aliphatic rings. The van der Waals surface area contributed by atoms with E-state index in [1.807, 2.05) is 6.92 Å².